The van der Waals surface area contributed by atoms with Gasteiger partial charge in [-0.25, -0.2) is 4.79 Å². The average Bonchev–Trinajstić information content (AvgIpc) is 3.42. The summed E-state index contributed by atoms with van der Waals surface area (Å²) in [5.41, 5.74) is -0.0156. The Morgan fingerprint density at radius 1 is 1.15 bits per heavy atom. The van der Waals surface area contributed by atoms with Gasteiger partial charge >= 0.3 is 5.97 Å². The minimum Gasteiger partial charge on any atom is -0.479 e. The van der Waals surface area contributed by atoms with Crippen molar-refractivity contribution in [1.29, 1.82) is 0 Å². The molecule has 1 aliphatic rings. The molecule has 0 radical (unpaired) electrons. The van der Waals surface area contributed by atoms with Crippen LogP contribution in [0.25, 0.3) is 10.8 Å². The van der Waals surface area contributed by atoms with Crippen molar-refractivity contribution in [2.75, 3.05) is 0 Å². The number of aliphatic carboxylic acids is 1. The molecule has 1 unspecified atom stereocenters. The van der Waals surface area contributed by atoms with Crippen LogP contribution in [-0.2, 0) is 9.59 Å². The van der Waals surface area contributed by atoms with E-state index in [0.29, 0.717) is 24.8 Å². The predicted molar refractivity (Wildman–Crippen MR) is 97.4 cm³/mol. The number of terminal acetylenes is 1. The quantitative estimate of drug-likeness (QED) is 0.715. The second-order valence-electron chi connectivity index (χ2n) is 6.33. The second kappa shape index (κ2) is 7.36. The van der Waals surface area contributed by atoms with Gasteiger partial charge in [0, 0.05) is 25.7 Å². The van der Waals surface area contributed by atoms with Crippen LogP contribution in [0.3, 0.4) is 0 Å². The van der Waals surface area contributed by atoms with Crippen LogP contribution in [0.5, 0.6) is 0 Å². The van der Waals surface area contributed by atoms with Gasteiger partial charge in [-0.2, -0.15) is 10.2 Å². The Morgan fingerprint density at radius 3 is 2.54 bits per heavy atom. The van der Waals surface area contributed by atoms with Crippen LogP contribution in [0.2, 0.25) is 0 Å². The molecule has 1 atom stereocenters. The number of carboxylic acids is 1. The Hall–Kier alpha value is -3.20. The minimum absolute atomic E-state index is 0.148. The summed E-state index contributed by atoms with van der Waals surface area (Å²) in [6, 6.07) is 11.9. The van der Waals surface area contributed by atoms with Gasteiger partial charge < -0.3 is 10.4 Å². The van der Waals surface area contributed by atoms with E-state index in [0.717, 1.165) is 10.8 Å². The van der Waals surface area contributed by atoms with Crippen molar-refractivity contribution in [3.05, 3.63) is 48.0 Å². The fourth-order valence-corrected chi connectivity index (χ4v) is 2.89. The van der Waals surface area contributed by atoms with Crippen molar-refractivity contribution in [2.45, 2.75) is 37.4 Å². The highest BCUT2D eigenvalue weighted by Gasteiger charge is 2.39. The Kier molecular flexibility index (Phi) is 4.99. The number of carbonyl (C=O) groups is 2. The maximum atomic E-state index is 12.2. The molecule has 0 aliphatic carbocycles. The number of nitrogens with zero attached hydrogens (tertiary/aromatic N) is 2. The van der Waals surface area contributed by atoms with Gasteiger partial charge in [0.1, 0.15) is 0 Å². The first-order valence-corrected chi connectivity index (χ1v) is 8.41. The molecule has 132 valence electrons. The highest BCUT2D eigenvalue weighted by molar-refractivity contribution is 5.88. The van der Waals surface area contributed by atoms with Crippen molar-refractivity contribution in [2.24, 2.45) is 10.2 Å². The van der Waals surface area contributed by atoms with Gasteiger partial charge in [-0.15, -0.1) is 12.3 Å². The summed E-state index contributed by atoms with van der Waals surface area (Å²) >= 11 is 0. The minimum atomic E-state index is -1.10. The van der Waals surface area contributed by atoms with Gasteiger partial charge in [0.2, 0.25) is 5.91 Å². The van der Waals surface area contributed by atoms with Crippen LogP contribution in [0.15, 0.2) is 52.7 Å². The van der Waals surface area contributed by atoms with Gasteiger partial charge in [-0.1, -0.05) is 36.4 Å². The molecule has 2 aromatic rings. The van der Waals surface area contributed by atoms with E-state index in [1.165, 1.54) is 0 Å². The van der Waals surface area contributed by atoms with E-state index in [1.807, 2.05) is 30.3 Å². The molecule has 0 saturated carbocycles. The molecular weight excluding hydrogens is 330 g/mol. The smallest absolute Gasteiger partial charge is 0.330 e. The molecule has 0 bridgehead atoms. The van der Waals surface area contributed by atoms with Crippen LogP contribution in [0.1, 0.15) is 37.3 Å². The van der Waals surface area contributed by atoms with Crippen LogP contribution in [-0.4, -0.2) is 22.6 Å². The van der Waals surface area contributed by atoms with Crippen molar-refractivity contribution < 1.29 is 14.7 Å². The third-order valence-electron chi connectivity index (χ3n) is 4.46. The van der Waals surface area contributed by atoms with Crippen molar-refractivity contribution in [3.63, 3.8) is 0 Å². The molecule has 1 heterocycles. The maximum Gasteiger partial charge on any atom is 0.330 e. The summed E-state index contributed by atoms with van der Waals surface area (Å²) in [4.78, 5) is 23.9. The number of hydrogen-bond donors (Lipinski definition) is 2. The summed E-state index contributed by atoms with van der Waals surface area (Å²) in [5, 5.41) is 22.0. The van der Waals surface area contributed by atoms with Crippen molar-refractivity contribution >= 4 is 22.6 Å². The van der Waals surface area contributed by atoms with Gasteiger partial charge in [0.15, 0.2) is 11.7 Å². The highest BCUT2D eigenvalue weighted by Crippen LogP contribution is 2.37. The van der Waals surface area contributed by atoms with Crippen LogP contribution >= 0.6 is 0 Å². The Bertz CT molecular complexity index is 908. The zero-order chi connectivity index (χ0) is 18.6. The molecular formula is C20H19N3O3. The van der Waals surface area contributed by atoms with E-state index in [-0.39, 0.29) is 12.3 Å². The number of rotatable bonds is 8. The first-order chi connectivity index (χ1) is 12.5. The topological polar surface area (TPSA) is 91.1 Å². The fourth-order valence-electron chi connectivity index (χ4n) is 2.89. The van der Waals surface area contributed by atoms with E-state index < -0.39 is 17.7 Å². The molecule has 1 aliphatic heterocycles. The summed E-state index contributed by atoms with van der Waals surface area (Å²) < 4.78 is 0. The predicted octanol–water partition coefficient (Wildman–Crippen LogP) is 3.44. The zero-order valence-electron chi connectivity index (χ0n) is 14.2. The summed E-state index contributed by atoms with van der Waals surface area (Å²) in [6.07, 6.45) is 6.99. The van der Waals surface area contributed by atoms with Gasteiger partial charge in [-0.3, -0.25) is 4.79 Å². The lowest BCUT2D eigenvalue weighted by atomic mass is 10.00. The van der Waals surface area contributed by atoms with Crippen LogP contribution in [0.4, 0.5) is 0 Å². The molecule has 6 heteroatoms. The standard InChI is InChI=1S/C20H19N3O3/c1-2-3-11-20(22-23-20)12-10-17(24)21-18(19(25)26)16-9-8-14-6-4-5-7-15(14)13-16/h1,4-9,13,18H,3,10-12H2,(H,21,24)(H,25,26). The molecule has 3 rings (SSSR count). The normalized spacial score (nSPS) is 15.2. The van der Waals surface area contributed by atoms with Crippen LogP contribution < -0.4 is 5.32 Å². The van der Waals surface area contributed by atoms with E-state index in [4.69, 9.17) is 6.42 Å². The Balaban J connectivity index is 1.65. The fraction of sp³-hybridized carbons (Fsp3) is 0.300. The molecule has 0 spiro atoms. The third kappa shape index (κ3) is 4.06. The summed E-state index contributed by atoms with van der Waals surface area (Å²) in [7, 11) is 0. The van der Waals surface area contributed by atoms with E-state index in [1.54, 1.807) is 12.1 Å². The SMILES string of the molecule is C#CCCC1(CCC(=O)NC(C(=O)O)c2ccc3ccccc3c2)N=N1. The van der Waals surface area contributed by atoms with E-state index >= 15 is 0 Å². The highest BCUT2D eigenvalue weighted by atomic mass is 16.4. The number of amides is 1. The number of benzene rings is 2. The number of carbonyl (C=O) groups excluding carboxylic acids is 1. The molecule has 0 saturated heterocycles. The van der Waals surface area contributed by atoms with Crippen molar-refractivity contribution in [3.8, 4) is 12.3 Å². The Labute approximate surface area is 151 Å². The van der Waals surface area contributed by atoms with Crippen LogP contribution in [0, 0.1) is 12.3 Å². The van der Waals surface area contributed by atoms with Crippen molar-refractivity contribution in [1.82, 2.24) is 5.32 Å². The first-order valence-electron chi connectivity index (χ1n) is 8.41. The number of nitrogens with one attached hydrogen (secondary N) is 1. The maximum absolute atomic E-state index is 12.2. The third-order valence-corrected chi connectivity index (χ3v) is 4.46. The number of carboxylic acid groups (broad SMARTS) is 1. The molecule has 1 amide bonds. The molecule has 2 N–H and O–H groups in total. The molecule has 2 aromatic carbocycles. The Morgan fingerprint density at radius 2 is 1.88 bits per heavy atom. The average molecular weight is 349 g/mol. The lowest BCUT2D eigenvalue weighted by Crippen LogP contribution is -2.34. The summed E-state index contributed by atoms with van der Waals surface area (Å²) in [6.45, 7) is 0. The molecule has 26 heavy (non-hydrogen) atoms. The van der Waals surface area contributed by atoms with E-state index in [2.05, 4.69) is 21.5 Å². The monoisotopic (exact) mass is 349 g/mol. The number of fused-ring (bicyclic) bond motifs is 1. The lowest BCUT2D eigenvalue weighted by molar-refractivity contribution is -0.142. The second-order valence-corrected chi connectivity index (χ2v) is 6.33. The van der Waals surface area contributed by atoms with Gasteiger partial charge in [0.25, 0.3) is 0 Å². The lowest BCUT2D eigenvalue weighted by Gasteiger charge is -2.16. The van der Waals surface area contributed by atoms with E-state index in [9.17, 15) is 14.7 Å². The zero-order valence-corrected chi connectivity index (χ0v) is 14.2. The summed E-state index contributed by atoms with van der Waals surface area (Å²) in [5.74, 6) is 1.09. The first kappa shape index (κ1) is 17.6. The van der Waals surface area contributed by atoms with Gasteiger partial charge in [-0.05, 0) is 22.4 Å². The van der Waals surface area contributed by atoms with Gasteiger partial charge in [0.05, 0.1) is 0 Å². The molecule has 0 fully saturated rings. The molecule has 0 aromatic heterocycles. The largest absolute Gasteiger partial charge is 0.479 e. The molecule has 6 nitrogen and oxygen atoms in total. The number of hydrogen-bond acceptors (Lipinski definition) is 4.